The molecule has 152 valence electrons. The Kier molecular flexibility index (Phi) is 4.47. The summed E-state index contributed by atoms with van der Waals surface area (Å²) >= 11 is 0. The van der Waals surface area contributed by atoms with Crippen molar-refractivity contribution in [1.82, 2.24) is 0 Å². The number of carbonyl (C=O) groups is 1. The van der Waals surface area contributed by atoms with Gasteiger partial charge in [-0.3, -0.25) is 4.79 Å². The fraction of sp³-hybridized carbons (Fsp3) is 0.0645. The topological polar surface area (TPSA) is 17.1 Å². The molecular weight excluding hydrogens is 388 g/mol. The lowest BCUT2D eigenvalue weighted by atomic mass is 9.82. The normalized spacial score (nSPS) is 18.1. The molecule has 0 heterocycles. The van der Waals surface area contributed by atoms with Gasteiger partial charge in [-0.25, -0.2) is 0 Å². The molecule has 0 bridgehead atoms. The van der Waals surface area contributed by atoms with Crippen LogP contribution in [0.4, 0.5) is 0 Å². The van der Waals surface area contributed by atoms with E-state index in [9.17, 15) is 4.79 Å². The summed E-state index contributed by atoms with van der Waals surface area (Å²) in [6.07, 6.45) is 22.5. The van der Waals surface area contributed by atoms with Gasteiger partial charge in [-0.2, -0.15) is 0 Å². The van der Waals surface area contributed by atoms with Gasteiger partial charge in [0.05, 0.1) is 0 Å². The lowest BCUT2D eigenvalue weighted by molar-refractivity contribution is -0.111. The molecule has 4 aliphatic carbocycles. The van der Waals surface area contributed by atoms with Crippen molar-refractivity contribution in [3.05, 3.63) is 140 Å². The minimum Gasteiger partial charge on any atom is -0.289 e. The van der Waals surface area contributed by atoms with Crippen molar-refractivity contribution in [2.75, 3.05) is 0 Å². The second-order valence-corrected chi connectivity index (χ2v) is 8.38. The van der Waals surface area contributed by atoms with Gasteiger partial charge in [0.1, 0.15) is 0 Å². The molecule has 4 aliphatic rings. The number of hydrogen-bond acceptors (Lipinski definition) is 1. The predicted molar refractivity (Wildman–Crippen MR) is 132 cm³/mol. The van der Waals surface area contributed by atoms with Crippen LogP contribution in [0.15, 0.2) is 119 Å². The van der Waals surface area contributed by atoms with Gasteiger partial charge in [0.25, 0.3) is 0 Å². The summed E-state index contributed by atoms with van der Waals surface area (Å²) in [4.78, 5) is 14.1. The van der Waals surface area contributed by atoms with E-state index in [1.54, 1.807) is 0 Å². The number of hydrogen-bond donors (Lipinski definition) is 0. The molecule has 0 fully saturated rings. The summed E-state index contributed by atoms with van der Waals surface area (Å²) in [5, 5.41) is 4.74. The van der Waals surface area contributed by atoms with Crippen molar-refractivity contribution in [3.63, 3.8) is 0 Å². The van der Waals surface area contributed by atoms with Crippen LogP contribution in [-0.2, 0) is 4.79 Å². The van der Waals surface area contributed by atoms with E-state index in [-0.39, 0.29) is 5.78 Å². The zero-order valence-corrected chi connectivity index (χ0v) is 17.7. The van der Waals surface area contributed by atoms with E-state index in [4.69, 9.17) is 0 Å². The molecule has 0 aliphatic heterocycles. The molecule has 0 atom stereocenters. The molecule has 1 heteroatoms. The molecule has 0 unspecified atom stereocenters. The highest BCUT2D eigenvalue weighted by molar-refractivity contribution is 6.19. The molecule has 0 N–H and O–H groups in total. The third-order valence-electron chi connectivity index (χ3n) is 6.59. The maximum atomic E-state index is 14.1. The largest absolute Gasteiger partial charge is 0.289 e. The van der Waals surface area contributed by atoms with E-state index in [0.29, 0.717) is 0 Å². The van der Waals surface area contributed by atoms with Crippen molar-refractivity contribution in [3.8, 4) is 0 Å². The van der Waals surface area contributed by atoms with Gasteiger partial charge in [0.2, 0.25) is 0 Å². The van der Waals surface area contributed by atoms with Gasteiger partial charge in [0, 0.05) is 11.1 Å². The van der Waals surface area contributed by atoms with Crippen molar-refractivity contribution < 1.29 is 4.79 Å². The van der Waals surface area contributed by atoms with E-state index in [0.717, 1.165) is 45.6 Å². The van der Waals surface area contributed by atoms with Crippen LogP contribution in [0.5, 0.6) is 0 Å². The first-order valence-corrected chi connectivity index (χ1v) is 11.1. The molecule has 2 aromatic rings. The standard InChI is InChI=1S/C31H22O/c32-31(29-19-17-21-9-1-3-11-23(21)25-13-5-7-15-27(25)29)30-20-18-22-10-2-4-12-24(22)26-14-6-8-16-28(26)30/h1-12,15-20H,13-14H2. The van der Waals surface area contributed by atoms with Crippen LogP contribution < -0.4 is 20.9 Å². The van der Waals surface area contributed by atoms with E-state index in [2.05, 4.69) is 97.1 Å². The molecule has 0 spiro atoms. The number of Topliss-reactive ketones (excluding diaryl/α,β-unsaturated/α-hetero) is 1. The van der Waals surface area contributed by atoms with Gasteiger partial charge in [0.15, 0.2) is 5.78 Å². The maximum absolute atomic E-state index is 14.1. The van der Waals surface area contributed by atoms with Crippen LogP contribution in [-0.4, -0.2) is 5.78 Å². The Morgan fingerprint density at radius 2 is 1.03 bits per heavy atom. The number of carbonyl (C=O) groups excluding carboxylic acids is 1. The number of benzene rings is 2. The quantitative estimate of drug-likeness (QED) is 0.741. The first-order valence-electron chi connectivity index (χ1n) is 11.1. The minimum atomic E-state index is 0.0798. The van der Waals surface area contributed by atoms with Gasteiger partial charge >= 0.3 is 0 Å². The second-order valence-electron chi connectivity index (χ2n) is 8.38. The van der Waals surface area contributed by atoms with Crippen molar-refractivity contribution in [2.24, 2.45) is 0 Å². The van der Waals surface area contributed by atoms with Crippen LogP contribution in [0.2, 0.25) is 0 Å². The van der Waals surface area contributed by atoms with Gasteiger partial charge in [-0.1, -0.05) is 97.1 Å². The Labute approximate surface area is 187 Å². The molecule has 0 saturated carbocycles. The lowest BCUT2D eigenvalue weighted by Gasteiger charge is -2.20. The van der Waals surface area contributed by atoms with E-state index in [1.165, 1.54) is 21.6 Å². The molecule has 0 saturated heterocycles. The molecule has 0 aromatic heterocycles. The summed E-state index contributed by atoms with van der Waals surface area (Å²) in [5.41, 5.74) is 6.05. The third kappa shape index (κ3) is 2.98. The first kappa shape index (κ1) is 18.8. The molecular formula is C31H22O. The Morgan fingerprint density at radius 3 is 1.53 bits per heavy atom. The van der Waals surface area contributed by atoms with Gasteiger partial charge in [-0.05, 0) is 68.2 Å². The Morgan fingerprint density at radius 1 is 0.562 bits per heavy atom. The Hall–Kier alpha value is -3.97. The number of allylic oxidation sites excluding steroid dienone is 12. The fourth-order valence-corrected chi connectivity index (χ4v) is 5.04. The molecule has 0 amide bonds. The number of ketones is 1. The SMILES string of the molecule is O=C(C1=CC=c2ccccc2=C2CC=CC=C12)C1=CC=c2ccccc2=C2CC=CC=C12. The van der Waals surface area contributed by atoms with E-state index in [1.807, 2.05) is 12.2 Å². The predicted octanol–water partition coefficient (Wildman–Crippen LogP) is 3.47. The molecule has 2 aromatic carbocycles. The number of fused-ring (bicyclic) bond motifs is 4. The molecule has 0 radical (unpaired) electrons. The average molecular weight is 411 g/mol. The van der Waals surface area contributed by atoms with Crippen LogP contribution in [0.3, 0.4) is 0 Å². The smallest absolute Gasteiger partial charge is 0.194 e. The lowest BCUT2D eigenvalue weighted by Crippen LogP contribution is -2.27. The van der Waals surface area contributed by atoms with Crippen LogP contribution in [0.25, 0.3) is 23.3 Å². The van der Waals surface area contributed by atoms with E-state index < -0.39 is 0 Å². The molecule has 6 rings (SSSR count). The van der Waals surface area contributed by atoms with Crippen LogP contribution in [0, 0.1) is 0 Å². The minimum absolute atomic E-state index is 0.0798. The zero-order chi connectivity index (χ0) is 21.5. The first-order chi connectivity index (χ1) is 15.8. The summed E-state index contributed by atoms with van der Waals surface area (Å²) in [5.74, 6) is 0.0798. The summed E-state index contributed by atoms with van der Waals surface area (Å²) < 4.78 is 0. The fourth-order valence-electron chi connectivity index (χ4n) is 5.04. The highest BCUT2D eigenvalue weighted by atomic mass is 16.1. The zero-order valence-electron chi connectivity index (χ0n) is 17.7. The third-order valence-corrected chi connectivity index (χ3v) is 6.59. The van der Waals surface area contributed by atoms with Crippen molar-refractivity contribution in [2.45, 2.75) is 12.8 Å². The maximum Gasteiger partial charge on any atom is 0.194 e. The summed E-state index contributed by atoms with van der Waals surface area (Å²) in [6, 6.07) is 16.8. The van der Waals surface area contributed by atoms with Gasteiger partial charge < -0.3 is 0 Å². The highest BCUT2D eigenvalue weighted by Gasteiger charge is 2.26. The number of rotatable bonds is 2. The molecule has 32 heavy (non-hydrogen) atoms. The molecule has 1 nitrogen and oxygen atoms in total. The van der Waals surface area contributed by atoms with Crippen molar-refractivity contribution in [1.29, 1.82) is 0 Å². The second kappa shape index (κ2) is 7.62. The van der Waals surface area contributed by atoms with Gasteiger partial charge in [-0.15, -0.1) is 0 Å². The van der Waals surface area contributed by atoms with Crippen molar-refractivity contribution >= 4 is 29.1 Å². The van der Waals surface area contributed by atoms with Crippen LogP contribution in [0.1, 0.15) is 12.8 Å². The van der Waals surface area contributed by atoms with E-state index >= 15 is 0 Å². The highest BCUT2D eigenvalue weighted by Crippen LogP contribution is 2.34. The Bertz CT molecular complexity index is 1490. The monoisotopic (exact) mass is 410 g/mol. The summed E-state index contributed by atoms with van der Waals surface area (Å²) in [6.45, 7) is 0. The Balaban J connectivity index is 1.56. The van der Waals surface area contributed by atoms with Crippen LogP contribution >= 0.6 is 0 Å². The summed E-state index contributed by atoms with van der Waals surface area (Å²) in [7, 11) is 0. The average Bonchev–Trinajstić information content (AvgIpc) is 3.12.